The maximum absolute atomic E-state index is 2.53. The van der Waals surface area contributed by atoms with Crippen LogP contribution in [0.1, 0.15) is 22.6 Å². The van der Waals surface area contributed by atoms with Crippen LogP contribution in [0.5, 0.6) is 0 Å². The number of hydrogen-bond donors (Lipinski definition) is 0. The molecule has 2 heterocycles. The molecular formula is C51H31NS. The third kappa shape index (κ3) is 4.13. The number of nitrogens with zero attached hydrogens (tertiary/aromatic N) is 1. The van der Waals surface area contributed by atoms with Crippen LogP contribution in [0.4, 0.5) is 0 Å². The van der Waals surface area contributed by atoms with Crippen LogP contribution in [-0.4, -0.2) is 4.57 Å². The zero-order valence-corrected chi connectivity index (χ0v) is 29.6. The lowest BCUT2D eigenvalue weighted by molar-refractivity contribution is 1.03. The van der Waals surface area contributed by atoms with Gasteiger partial charge in [-0.1, -0.05) is 152 Å². The van der Waals surface area contributed by atoms with E-state index in [4.69, 9.17) is 0 Å². The molecule has 11 aromatic rings. The molecule has 0 N–H and O–H groups in total. The minimum absolute atomic E-state index is 0.200. The average Bonchev–Trinajstić information content (AvgIpc) is 3.88. The summed E-state index contributed by atoms with van der Waals surface area (Å²) in [6.07, 6.45) is 0. The topological polar surface area (TPSA) is 4.93 Å². The predicted octanol–water partition coefficient (Wildman–Crippen LogP) is 14.3. The molecule has 0 saturated carbocycles. The second-order valence-corrected chi connectivity index (χ2v) is 15.4. The Morgan fingerprint density at radius 1 is 0.396 bits per heavy atom. The van der Waals surface area contributed by atoms with E-state index >= 15 is 0 Å². The zero-order valence-electron chi connectivity index (χ0n) is 28.8. The maximum atomic E-state index is 2.53. The van der Waals surface area contributed by atoms with Crippen LogP contribution in [0.25, 0.3) is 91.5 Å². The van der Waals surface area contributed by atoms with Gasteiger partial charge in [0.05, 0.1) is 21.4 Å². The van der Waals surface area contributed by atoms with Gasteiger partial charge in [-0.25, -0.2) is 0 Å². The molecule has 9 aromatic carbocycles. The van der Waals surface area contributed by atoms with Gasteiger partial charge < -0.3 is 4.57 Å². The molecule has 0 fully saturated rings. The first-order chi connectivity index (χ1) is 26.3. The molecule has 1 aliphatic carbocycles. The van der Waals surface area contributed by atoms with Gasteiger partial charge in [0.1, 0.15) is 0 Å². The van der Waals surface area contributed by atoms with Crippen molar-refractivity contribution in [3.05, 3.63) is 199 Å². The third-order valence-corrected chi connectivity index (χ3v) is 12.9. The Balaban J connectivity index is 1.10. The molecule has 0 radical (unpaired) electrons. The molecule has 1 aliphatic rings. The molecule has 2 heteroatoms. The van der Waals surface area contributed by atoms with Gasteiger partial charge in [-0.3, -0.25) is 0 Å². The molecule has 1 unspecified atom stereocenters. The maximum Gasteiger partial charge on any atom is 0.0720 e. The van der Waals surface area contributed by atoms with E-state index in [0.717, 1.165) is 0 Å². The van der Waals surface area contributed by atoms with Crippen LogP contribution in [0.2, 0.25) is 0 Å². The predicted molar refractivity (Wildman–Crippen MR) is 227 cm³/mol. The quantitative estimate of drug-likeness (QED) is 0.174. The molecular weight excluding hydrogens is 659 g/mol. The van der Waals surface area contributed by atoms with Crippen molar-refractivity contribution in [3.8, 4) is 27.9 Å². The lowest BCUT2D eigenvalue weighted by atomic mass is 9.86. The summed E-state index contributed by atoms with van der Waals surface area (Å²) in [4.78, 5) is 0. The van der Waals surface area contributed by atoms with E-state index in [2.05, 4.69) is 187 Å². The summed E-state index contributed by atoms with van der Waals surface area (Å²) in [6.45, 7) is 0. The Hall–Kier alpha value is -6.48. The van der Waals surface area contributed by atoms with Gasteiger partial charge in [-0.05, 0) is 85.4 Å². The highest BCUT2D eigenvalue weighted by Gasteiger charge is 2.31. The van der Waals surface area contributed by atoms with Crippen LogP contribution >= 0.6 is 11.3 Å². The fourth-order valence-corrected chi connectivity index (χ4v) is 10.6. The molecule has 0 aliphatic heterocycles. The molecule has 0 spiro atoms. The van der Waals surface area contributed by atoms with Crippen LogP contribution in [-0.2, 0) is 0 Å². The molecule has 0 saturated heterocycles. The van der Waals surface area contributed by atoms with E-state index in [-0.39, 0.29) is 5.92 Å². The van der Waals surface area contributed by atoms with E-state index < -0.39 is 0 Å². The van der Waals surface area contributed by atoms with Crippen molar-refractivity contribution in [2.24, 2.45) is 0 Å². The summed E-state index contributed by atoms with van der Waals surface area (Å²) in [5.41, 5.74) is 13.0. The standard InChI is InChI=1S/C51H31NS/c1-3-15-35-31(11-1)13-9-20-39(35)49-40-19-6-5-17-37(40)44-29-33(23-25-41(44)49)34-24-28-47-45(30-34)42-26-27-43-38-18-7-8-22-48(38)53-51(43)50(42)52(47)46-21-10-14-32-12-2-4-16-36(32)46/h1-30,49H. The first-order valence-corrected chi connectivity index (χ1v) is 19.2. The lowest BCUT2D eigenvalue weighted by Gasteiger charge is -2.17. The van der Waals surface area contributed by atoms with Gasteiger partial charge in [-0.15, -0.1) is 11.3 Å². The lowest BCUT2D eigenvalue weighted by Crippen LogP contribution is -2.00. The van der Waals surface area contributed by atoms with Gasteiger partial charge in [0, 0.05) is 37.5 Å². The van der Waals surface area contributed by atoms with Crippen LogP contribution in [0.3, 0.4) is 0 Å². The smallest absolute Gasteiger partial charge is 0.0720 e. The van der Waals surface area contributed by atoms with E-state index in [1.54, 1.807) is 0 Å². The highest BCUT2D eigenvalue weighted by atomic mass is 32.1. The Labute approximate surface area is 310 Å². The van der Waals surface area contributed by atoms with Gasteiger partial charge in [0.2, 0.25) is 0 Å². The fraction of sp³-hybridized carbons (Fsp3) is 0.0196. The molecule has 2 aromatic heterocycles. The largest absolute Gasteiger partial charge is 0.307 e. The van der Waals surface area contributed by atoms with Crippen LogP contribution in [0.15, 0.2) is 182 Å². The van der Waals surface area contributed by atoms with Gasteiger partial charge in [-0.2, -0.15) is 0 Å². The Morgan fingerprint density at radius 3 is 1.94 bits per heavy atom. The summed E-state index contributed by atoms with van der Waals surface area (Å²) in [6, 6.07) is 67.8. The average molecular weight is 690 g/mol. The summed E-state index contributed by atoms with van der Waals surface area (Å²) in [5.74, 6) is 0.200. The van der Waals surface area contributed by atoms with E-state index in [1.165, 1.54) is 108 Å². The second kappa shape index (κ2) is 11.0. The summed E-state index contributed by atoms with van der Waals surface area (Å²) >= 11 is 1.91. The number of thiophene rings is 1. The van der Waals surface area contributed by atoms with Crippen LogP contribution in [0, 0.1) is 0 Å². The Kier molecular flexibility index (Phi) is 6.05. The molecule has 1 nitrogen and oxygen atoms in total. The minimum Gasteiger partial charge on any atom is -0.307 e. The number of hydrogen-bond acceptors (Lipinski definition) is 1. The highest BCUT2D eigenvalue weighted by molar-refractivity contribution is 7.26. The van der Waals surface area contributed by atoms with E-state index in [9.17, 15) is 0 Å². The van der Waals surface area contributed by atoms with Gasteiger partial charge in [0.15, 0.2) is 0 Å². The normalized spacial score (nSPS) is 13.8. The van der Waals surface area contributed by atoms with Gasteiger partial charge in [0.25, 0.3) is 0 Å². The molecule has 0 bridgehead atoms. The summed E-state index contributed by atoms with van der Waals surface area (Å²) < 4.78 is 5.19. The molecule has 0 amide bonds. The molecule has 12 rings (SSSR count). The van der Waals surface area contributed by atoms with Crippen molar-refractivity contribution in [1.82, 2.24) is 4.57 Å². The highest BCUT2D eigenvalue weighted by Crippen LogP contribution is 2.51. The molecule has 1 atom stereocenters. The van der Waals surface area contributed by atoms with Crippen molar-refractivity contribution in [2.75, 3.05) is 0 Å². The third-order valence-electron chi connectivity index (χ3n) is 11.7. The summed E-state index contributed by atoms with van der Waals surface area (Å²) in [5, 5.41) is 10.3. The molecule has 53 heavy (non-hydrogen) atoms. The molecule has 246 valence electrons. The van der Waals surface area contributed by atoms with Crippen molar-refractivity contribution < 1.29 is 0 Å². The number of fused-ring (bicyclic) bond motifs is 12. The fourth-order valence-electron chi connectivity index (χ4n) is 9.33. The van der Waals surface area contributed by atoms with Crippen molar-refractivity contribution in [1.29, 1.82) is 0 Å². The van der Waals surface area contributed by atoms with E-state index in [0.29, 0.717) is 0 Å². The SMILES string of the molecule is c1ccc2c(c1)-c1cc(-c3ccc4c(c3)c3ccc5c6ccccc6sc5c3n4-c3cccc4ccccc34)ccc1C2c1cccc2ccccc12. The number of rotatable bonds is 3. The summed E-state index contributed by atoms with van der Waals surface area (Å²) in [7, 11) is 0. The van der Waals surface area contributed by atoms with Crippen molar-refractivity contribution in [2.45, 2.75) is 5.92 Å². The van der Waals surface area contributed by atoms with Crippen LogP contribution < -0.4 is 0 Å². The monoisotopic (exact) mass is 689 g/mol. The first-order valence-electron chi connectivity index (χ1n) is 18.4. The minimum atomic E-state index is 0.200. The number of aromatic nitrogens is 1. The van der Waals surface area contributed by atoms with E-state index in [1.807, 2.05) is 11.3 Å². The van der Waals surface area contributed by atoms with Crippen molar-refractivity contribution >= 4 is 74.9 Å². The zero-order chi connectivity index (χ0) is 34.6. The van der Waals surface area contributed by atoms with Crippen molar-refractivity contribution in [3.63, 3.8) is 0 Å². The Bertz CT molecular complexity index is 3290. The van der Waals surface area contributed by atoms with Gasteiger partial charge >= 0.3 is 0 Å². The number of benzene rings is 9. The first kappa shape index (κ1) is 29.1. The Morgan fingerprint density at radius 2 is 1.04 bits per heavy atom. The second-order valence-electron chi connectivity index (χ2n) is 14.4.